The Morgan fingerprint density at radius 3 is 2.26 bits per heavy atom. The van der Waals surface area contributed by atoms with Crippen molar-refractivity contribution in [3.63, 3.8) is 0 Å². The Kier molecular flexibility index (Phi) is 4.17. The van der Waals surface area contributed by atoms with Crippen LogP contribution < -0.4 is 11.5 Å². The van der Waals surface area contributed by atoms with Gasteiger partial charge in [-0.25, -0.2) is 4.98 Å². The van der Waals surface area contributed by atoms with Crippen molar-refractivity contribution in [3.05, 3.63) is 58.8 Å². The van der Waals surface area contributed by atoms with Crippen LogP contribution in [0.15, 0.2) is 36.5 Å². The van der Waals surface area contributed by atoms with Gasteiger partial charge in [-0.2, -0.15) is 0 Å². The summed E-state index contributed by atoms with van der Waals surface area (Å²) in [7, 11) is 0. The minimum absolute atomic E-state index is 0.1000. The average Bonchev–Trinajstić information content (AvgIpc) is 2.26. The molecule has 3 nitrogen and oxygen atoms in total. The molecule has 0 saturated carbocycles. The summed E-state index contributed by atoms with van der Waals surface area (Å²) in [4.78, 5) is 3.99. The lowest BCUT2D eigenvalue weighted by molar-refractivity contribution is 0.664. The highest BCUT2D eigenvalue weighted by atomic mass is 14.8. The Bertz CT molecular complexity index is 543. The molecule has 1 heterocycles. The van der Waals surface area contributed by atoms with Gasteiger partial charge in [0.1, 0.15) is 5.82 Å². The molecule has 1 aromatic carbocycles. The molecule has 0 radical (unpaired) electrons. The fourth-order valence-electron chi connectivity index (χ4n) is 2.49. The van der Waals surface area contributed by atoms with Gasteiger partial charge >= 0.3 is 0 Å². The second-order valence-electron chi connectivity index (χ2n) is 5.25. The van der Waals surface area contributed by atoms with Gasteiger partial charge in [-0.15, -0.1) is 0 Å². The Balaban J connectivity index is 2.03. The van der Waals surface area contributed by atoms with Gasteiger partial charge in [-0.3, -0.25) is 0 Å². The first-order valence-electron chi connectivity index (χ1n) is 6.56. The van der Waals surface area contributed by atoms with E-state index in [0.29, 0.717) is 5.82 Å². The maximum Gasteiger partial charge on any atom is 0.123 e. The summed E-state index contributed by atoms with van der Waals surface area (Å²) in [5.41, 5.74) is 16.9. The molecule has 0 aliphatic heterocycles. The lowest BCUT2D eigenvalue weighted by atomic mass is 9.98. The minimum atomic E-state index is 0.1000. The molecule has 0 bridgehead atoms. The van der Waals surface area contributed by atoms with Crippen molar-refractivity contribution in [2.75, 3.05) is 5.73 Å². The van der Waals surface area contributed by atoms with E-state index >= 15 is 0 Å². The molecule has 0 fully saturated rings. The maximum absolute atomic E-state index is 6.23. The number of aryl methyl sites for hydroxylation is 2. The molecule has 1 atom stereocenters. The van der Waals surface area contributed by atoms with Crippen molar-refractivity contribution in [2.45, 2.75) is 32.7 Å². The first-order chi connectivity index (χ1) is 9.02. The van der Waals surface area contributed by atoms with Gasteiger partial charge in [-0.05, 0) is 49.9 Å². The molecule has 1 aromatic heterocycles. The van der Waals surface area contributed by atoms with E-state index < -0.39 is 0 Å². The summed E-state index contributed by atoms with van der Waals surface area (Å²) in [6, 6.07) is 10.5. The number of nitrogen functional groups attached to an aromatic ring is 1. The first kappa shape index (κ1) is 13.6. The number of anilines is 1. The second-order valence-corrected chi connectivity index (χ2v) is 5.25. The highest BCUT2D eigenvalue weighted by Gasteiger charge is 2.07. The van der Waals surface area contributed by atoms with Crippen LogP contribution in [0.3, 0.4) is 0 Å². The summed E-state index contributed by atoms with van der Waals surface area (Å²) in [6.07, 6.45) is 3.43. The smallest absolute Gasteiger partial charge is 0.123 e. The van der Waals surface area contributed by atoms with Crippen LogP contribution in [-0.4, -0.2) is 11.0 Å². The van der Waals surface area contributed by atoms with Gasteiger partial charge in [0, 0.05) is 12.2 Å². The Hall–Kier alpha value is -1.87. The van der Waals surface area contributed by atoms with Gasteiger partial charge in [0.2, 0.25) is 0 Å². The summed E-state index contributed by atoms with van der Waals surface area (Å²) in [5.74, 6) is 0.552. The molecule has 100 valence electrons. The zero-order valence-corrected chi connectivity index (χ0v) is 11.6. The molecule has 0 saturated heterocycles. The monoisotopic (exact) mass is 255 g/mol. The molecular weight excluding hydrogens is 234 g/mol. The molecule has 0 spiro atoms. The number of aromatic nitrogens is 1. The highest BCUT2D eigenvalue weighted by molar-refractivity contribution is 5.33. The number of nitrogens with zero attached hydrogens (tertiary/aromatic N) is 1. The van der Waals surface area contributed by atoms with Gasteiger partial charge < -0.3 is 11.5 Å². The van der Waals surface area contributed by atoms with Crippen LogP contribution in [0.25, 0.3) is 0 Å². The van der Waals surface area contributed by atoms with Crippen molar-refractivity contribution in [2.24, 2.45) is 5.73 Å². The minimum Gasteiger partial charge on any atom is -0.384 e. The number of benzene rings is 1. The van der Waals surface area contributed by atoms with Crippen LogP contribution in [0.4, 0.5) is 5.82 Å². The molecular formula is C16H21N3. The highest BCUT2D eigenvalue weighted by Crippen LogP contribution is 2.13. The molecule has 3 heteroatoms. The van der Waals surface area contributed by atoms with Crippen LogP contribution in [0, 0.1) is 13.8 Å². The summed E-state index contributed by atoms with van der Waals surface area (Å²) < 4.78 is 0. The van der Waals surface area contributed by atoms with Gasteiger partial charge in [0.05, 0.1) is 0 Å². The van der Waals surface area contributed by atoms with Crippen LogP contribution in [0.2, 0.25) is 0 Å². The predicted octanol–water partition coefficient (Wildman–Crippen LogP) is 2.39. The average molecular weight is 255 g/mol. The summed E-state index contributed by atoms with van der Waals surface area (Å²) in [5, 5.41) is 0. The van der Waals surface area contributed by atoms with Crippen molar-refractivity contribution in [1.82, 2.24) is 4.98 Å². The zero-order valence-electron chi connectivity index (χ0n) is 11.6. The zero-order chi connectivity index (χ0) is 13.8. The predicted molar refractivity (Wildman–Crippen MR) is 79.9 cm³/mol. The van der Waals surface area contributed by atoms with Crippen molar-refractivity contribution in [3.8, 4) is 0 Å². The van der Waals surface area contributed by atoms with Crippen molar-refractivity contribution in [1.29, 1.82) is 0 Å². The Morgan fingerprint density at radius 1 is 1.00 bits per heavy atom. The van der Waals surface area contributed by atoms with E-state index in [2.05, 4.69) is 37.0 Å². The summed E-state index contributed by atoms with van der Waals surface area (Å²) in [6.45, 7) is 4.23. The van der Waals surface area contributed by atoms with E-state index in [4.69, 9.17) is 11.5 Å². The van der Waals surface area contributed by atoms with E-state index in [-0.39, 0.29) is 6.04 Å². The molecule has 2 aromatic rings. The molecule has 1 unspecified atom stereocenters. The Morgan fingerprint density at radius 2 is 1.63 bits per heavy atom. The third-order valence-electron chi connectivity index (χ3n) is 3.12. The number of rotatable bonds is 4. The van der Waals surface area contributed by atoms with Crippen LogP contribution >= 0.6 is 0 Å². The fourth-order valence-corrected chi connectivity index (χ4v) is 2.49. The van der Waals surface area contributed by atoms with Crippen molar-refractivity contribution >= 4 is 5.82 Å². The van der Waals surface area contributed by atoms with E-state index in [1.807, 2.05) is 12.1 Å². The van der Waals surface area contributed by atoms with E-state index in [1.165, 1.54) is 16.7 Å². The number of hydrogen-bond acceptors (Lipinski definition) is 3. The van der Waals surface area contributed by atoms with Gasteiger partial charge in [-0.1, -0.05) is 29.3 Å². The van der Waals surface area contributed by atoms with E-state index in [1.54, 1.807) is 6.20 Å². The Labute approximate surface area is 114 Å². The third kappa shape index (κ3) is 4.07. The second kappa shape index (κ2) is 5.85. The molecule has 0 amide bonds. The quantitative estimate of drug-likeness (QED) is 0.881. The van der Waals surface area contributed by atoms with Gasteiger partial charge in [0.15, 0.2) is 0 Å². The van der Waals surface area contributed by atoms with E-state index in [0.717, 1.165) is 18.4 Å². The fraction of sp³-hybridized carbons (Fsp3) is 0.312. The number of pyridine rings is 1. The maximum atomic E-state index is 6.23. The SMILES string of the molecule is Cc1cc(C)cc(CC(N)Cc2ccnc(N)c2)c1. The lowest BCUT2D eigenvalue weighted by Gasteiger charge is -2.13. The number of nitrogens with two attached hydrogens (primary N) is 2. The van der Waals surface area contributed by atoms with E-state index in [9.17, 15) is 0 Å². The normalized spacial score (nSPS) is 12.4. The first-order valence-corrected chi connectivity index (χ1v) is 6.56. The molecule has 4 N–H and O–H groups in total. The third-order valence-corrected chi connectivity index (χ3v) is 3.12. The van der Waals surface area contributed by atoms with Crippen LogP contribution in [0.1, 0.15) is 22.3 Å². The topological polar surface area (TPSA) is 64.9 Å². The lowest BCUT2D eigenvalue weighted by Crippen LogP contribution is -2.25. The summed E-state index contributed by atoms with van der Waals surface area (Å²) >= 11 is 0. The molecule has 19 heavy (non-hydrogen) atoms. The standard InChI is InChI=1S/C16H21N3/c1-11-5-12(2)7-14(6-11)9-15(17)8-13-3-4-19-16(18)10-13/h3-7,10,15H,8-9,17H2,1-2H3,(H2,18,19). The molecule has 2 rings (SSSR count). The molecule has 0 aliphatic carbocycles. The number of hydrogen-bond donors (Lipinski definition) is 2. The largest absolute Gasteiger partial charge is 0.384 e. The molecule has 0 aliphatic rings. The van der Waals surface area contributed by atoms with Crippen molar-refractivity contribution < 1.29 is 0 Å². The van der Waals surface area contributed by atoms with Gasteiger partial charge in [0.25, 0.3) is 0 Å². The van der Waals surface area contributed by atoms with Crippen LogP contribution in [-0.2, 0) is 12.8 Å². The van der Waals surface area contributed by atoms with Crippen LogP contribution in [0.5, 0.6) is 0 Å².